The predicted molar refractivity (Wildman–Crippen MR) is 109 cm³/mol. The van der Waals surface area contributed by atoms with Gasteiger partial charge < -0.3 is 15.5 Å². The van der Waals surface area contributed by atoms with E-state index < -0.39 is 0 Å². The largest absolute Gasteiger partial charge is 0.359 e. The van der Waals surface area contributed by atoms with Crippen LogP contribution in [0.2, 0.25) is 0 Å². The van der Waals surface area contributed by atoms with Crippen LogP contribution in [0.4, 0.5) is 0 Å². The molecule has 5 nitrogen and oxygen atoms in total. The van der Waals surface area contributed by atoms with Gasteiger partial charge in [0.1, 0.15) is 0 Å². The smallest absolute Gasteiger partial charge is 0.220 e. The van der Waals surface area contributed by atoms with Gasteiger partial charge in [0.2, 0.25) is 5.91 Å². The van der Waals surface area contributed by atoms with Crippen LogP contribution in [-0.2, 0) is 11.2 Å². The summed E-state index contributed by atoms with van der Waals surface area (Å²) in [5, 5.41) is 6.15. The average molecular weight is 359 g/mol. The maximum Gasteiger partial charge on any atom is 0.220 e. The molecule has 1 heterocycles. The third kappa shape index (κ3) is 6.36. The lowest BCUT2D eigenvalue weighted by Crippen LogP contribution is -2.46. The SMILES string of the molecule is CCNC(=NCCc1cc(C)cc(C)c1)N1CCC(CC(=O)NC)CC1. The van der Waals surface area contributed by atoms with Crippen LogP contribution >= 0.6 is 0 Å². The first-order valence-corrected chi connectivity index (χ1v) is 9.82. The van der Waals surface area contributed by atoms with Crippen molar-refractivity contribution < 1.29 is 4.79 Å². The van der Waals surface area contributed by atoms with Crippen LogP contribution < -0.4 is 10.6 Å². The first kappa shape index (κ1) is 20.3. The fraction of sp³-hybridized carbons (Fsp3) is 0.619. The Hall–Kier alpha value is -2.04. The number of hydrogen-bond donors (Lipinski definition) is 2. The molecule has 1 saturated heterocycles. The van der Waals surface area contributed by atoms with Crippen molar-refractivity contribution >= 4 is 11.9 Å². The van der Waals surface area contributed by atoms with E-state index in [0.29, 0.717) is 12.3 Å². The summed E-state index contributed by atoms with van der Waals surface area (Å²) in [6.07, 6.45) is 3.71. The Morgan fingerprint density at radius 3 is 2.42 bits per heavy atom. The van der Waals surface area contributed by atoms with Gasteiger partial charge in [-0.25, -0.2) is 0 Å². The first-order valence-electron chi connectivity index (χ1n) is 9.82. The number of aliphatic imine (C=N–C) groups is 1. The molecule has 0 radical (unpaired) electrons. The molecule has 26 heavy (non-hydrogen) atoms. The minimum atomic E-state index is 0.150. The van der Waals surface area contributed by atoms with Crippen molar-refractivity contribution in [2.75, 3.05) is 33.2 Å². The van der Waals surface area contributed by atoms with Crippen LogP contribution in [0, 0.1) is 19.8 Å². The van der Waals surface area contributed by atoms with Gasteiger partial charge in [-0.15, -0.1) is 0 Å². The summed E-state index contributed by atoms with van der Waals surface area (Å²) in [7, 11) is 1.71. The number of hydrogen-bond acceptors (Lipinski definition) is 2. The molecule has 2 N–H and O–H groups in total. The number of likely N-dealkylation sites (tertiary alicyclic amines) is 1. The van der Waals surface area contributed by atoms with Gasteiger partial charge in [0, 0.05) is 39.6 Å². The van der Waals surface area contributed by atoms with E-state index >= 15 is 0 Å². The fourth-order valence-electron chi connectivity index (χ4n) is 3.64. The van der Waals surface area contributed by atoms with Gasteiger partial charge in [-0.05, 0) is 51.5 Å². The number of nitrogens with one attached hydrogen (secondary N) is 2. The molecule has 2 rings (SSSR count). The molecule has 1 amide bonds. The summed E-state index contributed by atoms with van der Waals surface area (Å²) in [6.45, 7) is 10.0. The lowest BCUT2D eigenvalue weighted by Gasteiger charge is -2.34. The number of aryl methyl sites for hydroxylation is 2. The Labute approximate surface area is 158 Å². The highest BCUT2D eigenvalue weighted by Crippen LogP contribution is 2.20. The quantitative estimate of drug-likeness (QED) is 0.607. The highest BCUT2D eigenvalue weighted by atomic mass is 16.1. The van der Waals surface area contributed by atoms with Gasteiger partial charge >= 0.3 is 0 Å². The zero-order valence-corrected chi connectivity index (χ0v) is 16.8. The molecule has 0 spiro atoms. The molecule has 1 aliphatic heterocycles. The molecular formula is C21H34N4O. The third-order valence-corrected chi connectivity index (χ3v) is 4.95. The number of rotatable bonds is 6. The second-order valence-electron chi connectivity index (χ2n) is 7.29. The van der Waals surface area contributed by atoms with Crippen molar-refractivity contribution in [2.45, 2.75) is 46.5 Å². The Morgan fingerprint density at radius 1 is 1.19 bits per heavy atom. The minimum Gasteiger partial charge on any atom is -0.359 e. The first-order chi connectivity index (χ1) is 12.5. The molecule has 1 aliphatic rings. The third-order valence-electron chi connectivity index (χ3n) is 4.95. The molecule has 0 bridgehead atoms. The molecule has 1 fully saturated rings. The number of benzene rings is 1. The van der Waals surface area contributed by atoms with E-state index in [1.807, 2.05) is 0 Å². The number of carbonyl (C=O) groups excluding carboxylic acids is 1. The normalized spacial score (nSPS) is 15.8. The van der Waals surface area contributed by atoms with E-state index in [0.717, 1.165) is 51.4 Å². The van der Waals surface area contributed by atoms with Crippen LogP contribution in [-0.4, -0.2) is 50.0 Å². The van der Waals surface area contributed by atoms with E-state index in [2.05, 4.69) is 54.5 Å². The zero-order valence-electron chi connectivity index (χ0n) is 16.8. The molecule has 1 aromatic rings. The van der Waals surface area contributed by atoms with E-state index in [9.17, 15) is 4.79 Å². The molecule has 1 aromatic carbocycles. The van der Waals surface area contributed by atoms with E-state index in [4.69, 9.17) is 4.99 Å². The summed E-state index contributed by atoms with van der Waals surface area (Å²) in [5.41, 5.74) is 3.98. The van der Waals surface area contributed by atoms with Gasteiger partial charge in [-0.1, -0.05) is 29.3 Å². The molecule has 5 heteroatoms. The van der Waals surface area contributed by atoms with Crippen LogP contribution in [0.25, 0.3) is 0 Å². The Balaban J connectivity index is 1.89. The number of piperidine rings is 1. The van der Waals surface area contributed by atoms with Crippen molar-refractivity contribution in [1.29, 1.82) is 0 Å². The average Bonchev–Trinajstić information content (AvgIpc) is 2.61. The fourth-order valence-corrected chi connectivity index (χ4v) is 3.64. The summed E-state index contributed by atoms with van der Waals surface area (Å²) >= 11 is 0. The molecule has 144 valence electrons. The minimum absolute atomic E-state index is 0.150. The number of amides is 1. The van der Waals surface area contributed by atoms with Gasteiger partial charge in [0.25, 0.3) is 0 Å². The van der Waals surface area contributed by atoms with Crippen molar-refractivity contribution in [1.82, 2.24) is 15.5 Å². The lowest BCUT2D eigenvalue weighted by molar-refractivity contribution is -0.121. The molecule has 0 atom stereocenters. The molecule has 0 saturated carbocycles. The Kier molecular flexibility index (Phi) is 7.95. The van der Waals surface area contributed by atoms with Gasteiger partial charge in [-0.3, -0.25) is 9.79 Å². The van der Waals surface area contributed by atoms with Crippen LogP contribution in [0.15, 0.2) is 23.2 Å². The van der Waals surface area contributed by atoms with Gasteiger partial charge in [0.15, 0.2) is 5.96 Å². The highest BCUT2D eigenvalue weighted by molar-refractivity contribution is 5.80. The molecular weight excluding hydrogens is 324 g/mol. The van der Waals surface area contributed by atoms with E-state index in [-0.39, 0.29) is 5.91 Å². The van der Waals surface area contributed by atoms with Gasteiger partial charge in [0.05, 0.1) is 0 Å². The number of guanidine groups is 1. The molecule has 0 aromatic heterocycles. The number of carbonyl (C=O) groups is 1. The van der Waals surface area contributed by atoms with Crippen molar-refractivity contribution in [3.05, 3.63) is 34.9 Å². The maximum absolute atomic E-state index is 11.6. The van der Waals surface area contributed by atoms with Crippen molar-refractivity contribution in [3.8, 4) is 0 Å². The van der Waals surface area contributed by atoms with Gasteiger partial charge in [-0.2, -0.15) is 0 Å². The Morgan fingerprint density at radius 2 is 1.85 bits per heavy atom. The standard InChI is InChI=1S/C21H34N4O/c1-5-23-21(24-9-6-19-13-16(2)12-17(3)14-19)25-10-7-18(8-11-25)15-20(26)22-4/h12-14,18H,5-11,15H2,1-4H3,(H,22,26)(H,23,24). The summed E-state index contributed by atoms with van der Waals surface area (Å²) in [4.78, 5) is 18.7. The van der Waals surface area contributed by atoms with Crippen LogP contribution in [0.1, 0.15) is 42.9 Å². The molecule has 0 aliphatic carbocycles. The predicted octanol–water partition coefficient (Wildman–Crippen LogP) is 2.66. The molecule has 0 unspecified atom stereocenters. The zero-order chi connectivity index (χ0) is 18.9. The number of nitrogens with zero attached hydrogens (tertiary/aromatic N) is 2. The van der Waals surface area contributed by atoms with E-state index in [1.54, 1.807) is 7.05 Å². The Bertz CT molecular complexity index is 598. The van der Waals surface area contributed by atoms with Crippen molar-refractivity contribution in [3.63, 3.8) is 0 Å². The summed E-state index contributed by atoms with van der Waals surface area (Å²) in [5.74, 6) is 1.65. The van der Waals surface area contributed by atoms with Crippen LogP contribution in [0.3, 0.4) is 0 Å². The monoisotopic (exact) mass is 358 g/mol. The maximum atomic E-state index is 11.6. The van der Waals surface area contributed by atoms with Crippen molar-refractivity contribution in [2.24, 2.45) is 10.9 Å². The highest BCUT2D eigenvalue weighted by Gasteiger charge is 2.22. The second kappa shape index (κ2) is 10.2. The summed E-state index contributed by atoms with van der Waals surface area (Å²) < 4.78 is 0. The van der Waals surface area contributed by atoms with Crippen LogP contribution in [0.5, 0.6) is 0 Å². The lowest BCUT2D eigenvalue weighted by atomic mass is 9.93. The second-order valence-corrected chi connectivity index (χ2v) is 7.29. The topological polar surface area (TPSA) is 56.7 Å². The summed E-state index contributed by atoms with van der Waals surface area (Å²) in [6, 6.07) is 6.71. The van der Waals surface area contributed by atoms with E-state index in [1.165, 1.54) is 16.7 Å².